The zero-order valence-electron chi connectivity index (χ0n) is 20.0. The molecule has 0 fully saturated rings. The predicted molar refractivity (Wildman–Crippen MR) is 136 cm³/mol. The Balaban J connectivity index is 1.95. The molecule has 8 nitrogen and oxygen atoms in total. The lowest BCUT2D eigenvalue weighted by molar-refractivity contribution is -0.139. The molecule has 1 atom stereocenters. The van der Waals surface area contributed by atoms with Gasteiger partial charge in [0.2, 0.25) is 0 Å². The number of rotatable bonds is 6. The molecule has 0 saturated heterocycles. The molecule has 0 N–H and O–H groups in total. The number of fused-ring (bicyclic) bond motifs is 1. The highest BCUT2D eigenvalue weighted by atomic mass is 35.5. The Morgan fingerprint density at radius 2 is 1.97 bits per heavy atom. The van der Waals surface area contributed by atoms with Crippen LogP contribution in [0.25, 0.3) is 6.08 Å². The van der Waals surface area contributed by atoms with Crippen molar-refractivity contribution in [2.24, 2.45) is 4.99 Å². The summed E-state index contributed by atoms with van der Waals surface area (Å²) in [6.45, 7) is 4.87. The van der Waals surface area contributed by atoms with Gasteiger partial charge < -0.3 is 14.2 Å². The van der Waals surface area contributed by atoms with Crippen molar-refractivity contribution in [1.82, 2.24) is 4.57 Å². The van der Waals surface area contributed by atoms with Gasteiger partial charge >= 0.3 is 11.9 Å². The molecule has 0 saturated carbocycles. The maximum absolute atomic E-state index is 13.7. The van der Waals surface area contributed by atoms with E-state index in [-0.39, 0.29) is 29.2 Å². The van der Waals surface area contributed by atoms with Crippen LogP contribution in [-0.4, -0.2) is 30.2 Å². The smallest absolute Gasteiger partial charge is 0.338 e. The number of benzene rings is 2. The molecule has 0 radical (unpaired) electrons. The molecule has 2 aromatic carbocycles. The minimum Gasteiger partial charge on any atom is -0.493 e. The number of halogens is 1. The summed E-state index contributed by atoms with van der Waals surface area (Å²) < 4.78 is 17.9. The van der Waals surface area contributed by atoms with Crippen LogP contribution in [0.15, 0.2) is 63.5 Å². The van der Waals surface area contributed by atoms with Crippen LogP contribution in [0.5, 0.6) is 11.5 Å². The average Bonchev–Trinajstić information content (AvgIpc) is 3.12. The Bertz CT molecular complexity index is 1570. The topological polar surface area (TPSA) is 96.2 Å². The Morgan fingerprint density at radius 3 is 2.64 bits per heavy atom. The Morgan fingerprint density at radius 1 is 1.19 bits per heavy atom. The lowest BCUT2D eigenvalue weighted by Crippen LogP contribution is -2.40. The van der Waals surface area contributed by atoms with E-state index >= 15 is 0 Å². The van der Waals surface area contributed by atoms with Crippen molar-refractivity contribution in [3.05, 3.63) is 89.6 Å². The first-order valence-corrected chi connectivity index (χ1v) is 12.2. The summed E-state index contributed by atoms with van der Waals surface area (Å²) in [4.78, 5) is 43.2. The van der Waals surface area contributed by atoms with Crippen molar-refractivity contribution >= 4 is 41.0 Å². The van der Waals surface area contributed by atoms with Gasteiger partial charge in [-0.15, -0.1) is 0 Å². The second-order valence-corrected chi connectivity index (χ2v) is 9.31. The van der Waals surface area contributed by atoms with E-state index in [4.69, 9.17) is 25.8 Å². The first-order chi connectivity index (χ1) is 17.2. The molecule has 1 aliphatic heterocycles. The highest BCUT2D eigenvalue weighted by Crippen LogP contribution is 2.36. The summed E-state index contributed by atoms with van der Waals surface area (Å²) >= 11 is 7.32. The predicted octanol–water partition coefficient (Wildman–Crippen LogP) is 3.39. The van der Waals surface area contributed by atoms with Crippen LogP contribution < -0.4 is 24.4 Å². The maximum Gasteiger partial charge on any atom is 0.338 e. The lowest BCUT2D eigenvalue weighted by Gasteiger charge is -2.25. The minimum atomic E-state index is -0.831. The first-order valence-electron chi connectivity index (χ1n) is 11.0. The van der Waals surface area contributed by atoms with Crippen molar-refractivity contribution in [3.63, 3.8) is 0 Å². The second-order valence-electron chi connectivity index (χ2n) is 7.86. The number of thiazole rings is 1. The Kier molecular flexibility index (Phi) is 7.42. The highest BCUT2D eigenvalue weighted by molar-refractivity contribution is 7.07. The normalized spacial score (nSPS) is 15.2. The van der Waals surface area contributed by atoms with Gasteiger partial charge in [-0.25, -0.2) is 9.79 Å². The molecule has 36 heavy (non-hydrogen) atoms. The maximum atomic E-state index is 13.7. The van der Waals surface area contributed by atoms with Crippen LogP contribution in [-0.2, 0) is 14.3 Å². The van der Waals surface area contributed by atoms with Gasteiger partial charge in [-0.3, -0.25) is 14.2 Å². The van der Waals surface area contributed by atoms with Gasteiger partial charge in [0, 0.05) is 11.9 Å². The monoisotopic (exact) mass is 526 g/mol. The van der Waals surface area contributed by atoms with Crippen LogP contribution in [0.3, 0.4) is 0 Å². The van der Waals surface area contributed by atoms with Crippen molar-refractivity contribution < 1.29 is 23.8 Å². The van der Waals surface area contributed by atoms with E-state index in [9.17, 15) is 14.4 Å². The summed E-state index contributed by atoms with van der Waals surface area (Å²) in [6, 6.07) is 11.2. The molecule has 0 aliphatic carbocycles. The molecule has 1 aliphatic rings. The number of carbonyl (C=O) groups excluding carboxylic acids is 2. The fourth-order valence-electron chi connectivity index (χ4n) is 3.95. The van der Waals surface area contributed by atoms with E-state index in [1.807, 2.05) is 6.07 Å². The molecular weight excluding hydrogens is 504 g/mol. The van der Waals surface area contributed by atoms with E-state index in [2.05, 4.69) is 4.99 Å². The molecule has 0 amide bonds. The summed E-state index contributed by atoms with van der Waals surface area (Å²) in [5, 5.41) is 0.551. The average molecular weight is 527 g/mol. The van der Waals surface area contributed by atoms with Crippen molar-refractivity contribution in [3.8, 4) is 11.5 Å². The minimum absolute atomic E-state index is 0.163. The third kappa shape index (κ3) is 4.98. The van der Waals surface area contributed by atoms with Gasteiger partial charge in [-0.05, 0) is 55.3 Å². The standard InChI is InChI=1S/C26H23ClN2O6S/c1-5-34-25(32)22-14(2)28-26-29(24(31)21(36-26)12-16-7-6-8-18(27)11-16)23(22)17-9-10-19(35-15(3)30)20(13-17)33-4/h6-13,23H,5H2,1-4H3. The van der Waals surface area contributed by atoms with Crippen LogP contribution in [0, 0.1) is 0 Å². The zero-order valence-corrected chi connectivity index (χ0v) is 21.6. The molecule has 4 rings (SSSR count). The summed E-state index contributed by atoms with van der Waals surface area (Å²) in [5.41, 5.74) is 1.69. The number of methoxy groups -OCH3 is 1. The number of aromatic nitrogens is 1. The quantitative estimate of drug-likeness (QED) is 0.361. The second kappa shape index (κ2) is 10.5. The fourth-order valence-corrected chi connectivity index (χ4v) is 5.19. The van der Waals surface area contributed by atoms with Crippen LogP contribution >= 0.6 is 22.9 Å². The summed E-state index contributed by atoms with van der Waals surface area (Å²) in [6.07, 6.45) is 1.74. The molecule has 186 valence electrons. The van der Waals surface area contributed by atoms with Crippen molar-refractivity contribution in [1.29, 1.82) is 0 Å². The van der Waals surface area contributed by atoms with Gasteiger partial charge in [0.15, 0.2) is 16.3 Å². The number of nitrogens with zero attached hydrogens (tertiary/aromatic N) is 2. The van der Waals surface area contributed by atoms with Crippen molar-refractivity contribution in [2.45, 2.75) is 26.8 Å². The van der Waals surface area contributed by atoms with E-state index in [1.165, 1.54) is 29.9 Å². The van der Waals surface area contributed by atoms with Gasteiger partial charge in [-0.2, -0.15) is 0 Å². The summed E-state index contributed by atoms with van der Waals surface area (Å²) in [5.74, 6) is -0.573. The number of hydrogen-bond acceptors (Lipinski definition) is 8. The van der Waals surface area contributed by atoms with Crippen molar-refractivity contribution in [2.75, 3.05) is 13.7 Å². The number of ether oxygens (including phenoxy) is 3. The number of allylic oxidation sites excluding steroid dienone is 1. The number of carbonyl (C=O) groups is 2. The van der Waals surface area contributed by atoms with Crippen LogP contribution in [0.1, 0.15) is 37.9 Å². The summed E-state index contributed by atoms with van der Waals surface area (Å²) in [7, 11) is 1.44. The molecule has 10 heteroatoms. The van der Waals surface area contributed by atoms with Gasteiger partial charge in [0.05, 0.1) is 35.6 Å². The molecule has 1 unspecified atom stereocenters. The molecule has 0 bridgehead atoms. The van der Waals surface area contributed by atoms with E-state index in [0.29, 0.717) is 25.6 Å². The van der Waals surface area contributed by atoms with Gasteiger partial charge in [0.25, 0.3) is 5.56 Å². The Hall–Kier alpha value is -3.69. The van der Waals surface area contributed by atoms with Gasteiger partial charge in [-0.1, -0.05) is 41.1 Å². The van der Waals surface area contributed by atoms with E-state index < -0.39 is 18.0 Å². The third-order valence-electron chi connectivity index (χ3n) is 5.42. The SMILES string of the molecule is CCOC(=O)C1=C(C)N=c2sc(=Cc3cccc(Cl)c3)c(=O)n2C1c1ccc(OC(C)=O)c(OC)c1. The molecule has 2 heterocycles. The first kappa shape index (κ1) is 25.4. The molecule has 3 aromatic rings. The van der Waals surface area contributed by atoms with Crippen LogP contribution in [0.4, 0.5) is 0 Å². The molecular formula is C26H23ClN2O6S. The molecule has 0 spiro atoms. The number of hydrogen-bond donors (Lipinski definition) is 0. The fraction of sp³-hybridized carbons (Fsp3) is 0.231. The zero-order chi connectivity index (χ0) is 26.0. The Labute approximate surface area is 215 Å². The third-order valence-corrected chi connectivity index (χ3v) is 6.64. The molecule has 1 aromatic heterocycles. The number of esters is 2. The largest absolute Gasteiger partial charge is 0.493 e. The van der Waals surface area contributed by atoms with Crippen LogP contribution in [0.2, 0.25) is 5.02 Å². The van der Waals surface area contributed by atoms with E-state index in [0.717, 1.165) is 5.56 Å². The lowest BCUT2D eigenvalue weighted by atomic mass is 9.95. The highest BCUT2D eigenvalue weighted by Gasteiger charge is 2.34. The van der Waals surface area contributed by atoms with Gasteiger partial charge in [0.1, 0.15) is 0 Å². The van der Waals surface area contributed by atoms with E-state index in [1.54, 1.807) is 56.3 Å².